The van der Waals surface area contributed by atoms with Gasteiger partial charge in [-0.15, -0.1) is 0 Å². The van der Waals surface area contributed by atoms with Crippen LogP contribution in [0.2, 0.25) is 0 Å². The van der Waals surface area contributed by atoms with Crippen molar-refractivity contribution in [3.8, 4) is 5.75 Å². The van der Waals surface area contributed by atoms with E-state index in [0.29, 0.717) is 12.6 Å². The van der Waals surface area contributed by atoms with Crippen LogP contribution in [0, 0.1) is 0 Å². The number of piperidine rings is 1. The Balaban J connectivity index is 1.55. The van der Waals surface area contributed by atoms with Crippen molar-refractivity contribution in [2.24, 2.45) is 0 Å². The number of likely N-dealkylation sites (N-methyl/N-ethyl adjacent to an activating group) is 1. The second-order valence-electron chi connectivity index (χ2n) is 7.83. The molecule has 0 amide bonds. The summed E-state index contributed by atoms with van der Waals surface area (Å²) in [5.74, 6) is 0.905. The van der Waals surface area contributed by atoms with Crippen LogP contribution in [-0.4, -0.2) is 56.7 Å². The van der Waals surface area contributed by atoms with E-state index in [1.807, 2.05) is 0 Å². The minimum atomic E-state index is 0.585. The zero-order valence-electron chi connectivity index (χ0n) is 17.6. The molecule has 28 heavy (non-hydrogen) atoms. The Morgan fingerprint density at radius 1 is 1.07 bits per heavy atom. The first kappa shape index (κ1) is 20.8. The van der Waals surface area contributed by atoms with Gasteiger partial charge in [-0.2, -0.15) is 0 Å². The number of nitrogens with zero attached hydrogens (tertiary/aromatic N) is 2. The van der Waals surface area contributed by atoms with E-state index >= 15 is 0 Å². The first-order valence-electron chi connectivity index (χ1n) is 10.3. The van der Waals surface area contributed by atoms with Gasteiger partial charge in [-0.05, 0) is 56.1 Å². The quantitative estimate of drug-likeness (QED) is 0.655. The van der Waals surface area contributed by atoms with Gasteiger partial charge in [0.1, 0.15) is 5.75 Å². The topological polar surface area (TPSA) is 24.9 Å². The van der Waals surface area contributed by atoms with Gasteiger partial charge in [0.05, 0.1) is 13.7 Å². The zero-order chi connectivity index (χ0) is 19.8. The van der Waals surface area contributed by atoms with Gasteiger partial charge >= 0.3 is 0 Å². The normalized spacial score (nSPS) is 17.8. The van der Waals surface area contributed by atoms with Crippen molar-refractivity contribution in [3.05, 3.63) is 65.2 Å². The molecule has 1 heterocycles. The Morgan fingerprint density at radius 3 is 2.64 bits per heavy atom. The van der Waals surface area contributed by atoms with E-state index < -0.39 is 0 Å². The number of hydrogen-bond acceptors (Lipinski definition) is 4. The minimum Gasteiger partial charge on any atom is -0.496 e. The SMILES string of the molecule is COCc1cc(CN2CCC[C@@H](N(C)CCc3ccccc3)C2)ccc1OC. The summed E-state index contributed by atoms with van der Waals surface area (Å²) in [6, 6.07) is 17.9. The average molecular weight is 383 g/mol. The minimum absolute atomic E-state index is 0.585. The van der Waals surface area contributed by atoms with Crippen molar-refractivity contribution in [2.45, 2.75) is 38.5 Å². The molecule has 0 saturated carbocycles. The van der Waals surface area contributed by atoms with Gasteiger partial charge in [-0.1, -0.05) is 36.4 Å². The highest BCUT2D eigenvalue weighted by molar-refractivity contribution is 5.37. The molecule has 4 nitrogen and oxygen atoms in total. The molecule has 2 aromatic carbocycles. The van der Waals surface area contributed by atoms with Crippen LogP contribution in [-0.2, 0) is 24.3 Å². The van der Waals surface area contributed by atoms with Crippen molar-refractivity contribution in [3.63, 3.8) is 0 Å². The van der Waals surface area contributed by atoms with Crippen molar-refractivity contribution < 1.29 is 9.47 Å². The molecule has 1 aliphatic heterocycles. The summed E-state index contributed by atoms with van der Waals surface area (Å²) in [6.07, 6.45) is 3.67. The van der Waals surface area contributed by atoms with Gasteiger partial charge in [-0.25, -0.2) is 0 Å². The second-order valence-corrected chi connectivity index (χ2v) is 7.83. The maximum atomic E-state index is 5.45. The summed E-state index contributed by atoms with van der Waals surface area (Å²) in [5.41, 5.74) is 3.88. The predicted octanol–water partition coefficient (Wildman–Crippen LogP) is 3.98. The third kappa shape index (κ3) is 5.81. The van der Waals surface area contributed by atoms with E-state index in [4.69, 9.17) is 9.47 Å². The fourth-order valence-electron chi connectivity index (χ4n) is 4.12. The molecule has 1 atom stereocenters. The summed E-state index contributed by atoms with van der Waals surface area (Å²) >= 11 is 0. The highest BCUT2D eigenvalue weighted by Crippen LogP contribution is 2.23. The summed E-state index contributed by atoms with van der Waals surface area (Å²) < 4.78 is 10.8. The van der Waals surface area contributed by atoms with Crippen LogP contribution in [0.25, 0.3) is 0 Å². The molecular weight excluding hydrogens is 348 g/mol. The maximum Gasteiger partial charge on any atom is 0.124 e. The average Bonchev–Trinajstić information content (AvgIpc) is 2.73. The maximum absolute atomic E-state index is 5.45. The number of benzene rings is 2. The fourth-order valence-corrected chi connectivity index (χ4v) is 4.12. The van der Waals surface area contributed by atoms with Gasteiger partial charge in [-0.3, -0.25) is 4.90 Å². The van der Waals surface area contributed by atoms with E-state index in [9.17, 15) is 0 Å². The highest BCUT2D eigenvalue weighted by Gasteiger charge is 2.23. The highest BCUT2D eigenvalue weighted by atomic mass is 16.5. The number of methoxy groups -OCH3 is 2. The van der Waals surface area contributed by atoms with Crippen molar-refractivity contribution in [1.82, 2.24) is 9.80 Å². The Morgan fingerprint density at radius 2 is 1.89 bits per heavy atom. The molecule has 152 valence electrons. The monoisotopic (exact) mass is 382 g/mol. The standard InChI is InChI=1S/C24H34N2O2/c1-25(15-13-20-8-5-4-6-9-20)23-10-7-14-26(18-23)17-21-11-12-24(28-3)22(16-21)19-27-2/h4-6,8-9,11-12,16,23H,7,10,13-15,17-19H2,1-3H3/t23-/m1/s1. The van der Waals surface area contributed by atoms with E-state index in [2.05, 4.69) is 65.4 Å². The first-order chi connectivity index (χ1) is 13.7. The van der Waals surface area contributed by atoms with Gasteiger partial charge < -0.3 is 14.4 Å². The third-order valence-electron chi connectivity index (χ3n) is 5.75. The lowest BCUT2D eigenvalue weighted by Gasteiger charge is -2.38. The largest absolute Gasteiger partial charge is 0.496 e. The molecule has 0 unspecified atom stereocenters. The molecule has 2 aromatic rings. The van der Waals surface area contributed by atoms with Gasteiger partial charge in [0.25, 0.3) is 0 Å². The van der Waals surface area contributed by atoms with Crippen LogP contribution in [0.1, 0.15) is 29.5 Å². The summed E-state index contributed by atoms with van der Waals surface area (Å²) in [7, 11) is 5.72. The van der Waals surface area contributed by atoms with E-state index in [-0.39, 0.29) is 0 Å². The molecule has 1 fully saturated rings. The molecular formula is C24H34N2O2. The summed E-state index contributed by atoms with van der Waals surface area (Å²) in [5, 5.41) is 0. The predicted molar refractivity (Wildman–Crippen MR) is 115 cm³/mol. The Labute approximate surface area is 170 Å². The lowest BCUT2D eigenvalue weighted by Crippen LogP contribution is -2.46. The lowest BCUT2D eigenvalue weighted by molar-refractivity contribution is 0.112. The molecule has 0 spiro atoms. The molecule has 0 aliphatic carbocycles. The smallest absolute Gasteiger partial charge is 0.124 e. The van der Waals surface area contributed by atoms with Gasteiger partial charge in [0.15, 0.2) is 0 Å². The Kier molecular flexibility index (Phi) is 7.90. The summed E-state index contributed by atoms with van der Waals surface area (Å²) in [6.45, 7) is 5.00. The van der Waals surface area contributed by atoms with Crippen molar-refractivity contribution >= 4 is 0 Å². The molecule has 3 rings (SSSR count). The van der Waals surface area contributed by atoms with E-state index in [1.165, 1.54) is 30.5 Å². The van der Waals surface area contributed by atoms with Crippen molar-refractivity contribution in [1.29, 1.82) is 0 Å². The molecule has 1 aliphatic rings. The van der Waals surface area contributed by atoms with Crippen LogP contribution < -0.4 is 4.74 Å². The van der Waals surface area contributed by atoms with Crippen LogP contribution in [0.3, 0.4) is 0 Å². The second kappa shape index (κ2) is 10.6. The Hall–Kier alpha value is -1.88. The van der Waals surface area contributed by atoms with Gasteiger partial charge in [0, 0.05) is 38.3 Å². The van der Waals surface area contributed by atoms with Crippen LogP contribution >= 0.6 is 0 Å². The van der Waals surface area contributed by atoms with Crippen LogP contribution in [0.5, 0.6) is 5.75 Å². The fraction of sp³-hybridized carbons (Fsp3) is 0.500. The molecule has 4 heteroatoms. The summed E-state index contributed by atoms with van der Waals surface area (Å²) in [4.78, 5) is 5.13. The molecule has 0 radical (unpaired) electrons. The number of rotatable bonds is 9. The molecule has 1 saturated heterocycles. The van der Waals surface area contributed by atoms with E-state index in [1.54, 1.807) is 14.2 Å². The van der Waals surface area contributed by atoms with Gasteiger partial charge in [0.2, 0.25) is 0 Å². The number of ether oxygens (including phenoxy) is 2. The lowest BCUT2D eigenvalue weighted by atomic mass is 10.0. The number of hydrogen-bond donors (Lipinski definition) is 0. The van der Waals surface area contributed by atoms with Crippen LogP contribution in [0.4, 0.5) is 0 Å². The molecule has 0 bridgehead atoms. The van der Waals surface area contributed by atoms with Crippen molar-refractivity contribution in [2.75, 3.05) is 40.9 Å². The third-order valence-corrected chi connectivity index (χ3v) is 5.75. The first-order valence-corrected chi connectivity index (χ1v) is 10.3. The Bertz CT molecular complexity index is 720. The zero-order valence-corrected chi connectivity index (χ0v) is 17.6. The number of likely N-dealkylation sites (tertiary alicyclic amines) is 1. The van der Waals surface area contributed by atoms with Crippen LogP contribution in [0.15, 0.2) is 48.5 Å². The molecule has 0 aromatic heterocycles. The molecule has 0 N–H and O–H groups in total. The van der Waals surface area contributed by atoms with E-state index in [0.717, 1.165) is 37.4 Å².